The summed E-state index contributed by atoms with van der Waals surface area (Å²) in [5.41, 5.74) is 0.786. The summed E-state index contributed by atoms with van der Waals surface area (Å²) < 4.78 is 23.4. The van der Waals surface area contributed by atoms with Gasteiger partial charge in [0.05, 0.1) is 12.5 Å². The maximum atomic E-state index is 12.8. The summed E-state index contributed by atoms with van der Waals surface area (Å²) in [6.45, 7) is 1.47. The molecular formula is C14H14FN3O3. The molecule has 1 atom stereocenters. The zero-order chi connectivity index (χ0) is 14.7. The molecule has 0 aliphatic carbocycles. The van der Waals surface area contributed by atoms with E-state index in [0.29, 0.717) is 19.1 Å². The zero-order valence-electron chi connectivity index (χ0n) is 11.2. The van der Waals surface area contributed by atoms with Gasteiger partial charge in [-0.05, 0) is 24.1 Å². The molecule has 21 heavy (non-hydrogen) atoms. The average molecular weight is 291 g/mol. The molecule has 0 bridgehead atoms. The van der Waals surface area contributed by atoms with Gasteiger partial charge in [-0.1, -0.05) is 12.1 Å². The molecule has 1 aromatic heterocycles. The second-order valence-corrected chi connectivity index (χ2v) is 4.82. The number of ether oxygens (including phenoxy) is 1. The van der Waals surface area contributed by atoms with Crippen molar-refractivity contribution in [3.05, 3.63) is 47.4 Å². The van der Waals surface area contributed by atoms with Crippen LogP contribution in [0.5, 0.6) is 0 Å². The van der Waals surface area contributed by atoms with Crippen LogP contribution in [-0.2, 0) is 11.3 Å². The SMILES string of the molecule is O=C(NCc1ccc(F)cc1)c1nnc([C@H]2CCOC2)o1. The largest absolute Gasteiger partial charge is 0.417 e. The molecule has 2 aromatic rings. The predicted octanol–water partition coefficient (Wildman–Crippen LogP) is 1.64. The van der Waals surface area contributed by atoms with E-state index in [1.165, 1.54) is 12.1 Å². The quantitative estimate of drug-likeness (QED) is 0.926. The first kappa shape index (κ1) is 13.7. The van der Waals surface area contributed by atoms with Crippen LogP contribution < -0.4 is 5.32 Å². The van der Waals surface area contributed by atoms with Gasteiger partial charge in [0, 0.05) is 13.2 Å². The van der Waals surface area contributed by atoms with E-state index in [-0.39, 0.29) is 24.2 Å². The van der Waals surface area contributed by atoms with Crippen molar-refractivity contribution in [1.29, 1.82) is 0 Å². The van der Waals surface area contributed by atoms with Crippen LogP contribution in [0, 0.1) is 5.82 Å². The number of rotatable bonds is 4. The molecule has 1 N–H and O–H groups in total. The molecule has 0 spiro atoms. The predicted molar refractivity (Wildman–Crippen MR) is 70.0 cm³/mol. The van der Waals surface area contributed by atoms with Gasteiger partial charge in [0.2, 0.25) is 5.89 Å². The molecule has 1 amide bonds. The van der Waals surface area contributed by atoms with Crippen molar-refractivity contribution in [1.82, 2.24) is 15.5 Å². The fourth-order valence-electron chi connectivity index (χ4n) is 2.08. The lowest BCUT2D eigenvalue weighted by atomic mass is 10.1. The van der Waals surface area contributed by atoms with Crippen LogP contribution in [0.1, 0.15) is 34.5 Å². The molecule has 2 heterocycles. The van der Waals surface area contributed by atoms with Gasteiger partial charge in [-0.2, -0.15) is 0 Å². The number of nitrogens with zero attached hydrogens (tertiary/aromatic N) is 2. The van der Waals surface area contributed by atoms with E-state index in [2.05, 4.69) is 15.5 Å². The highest BCUT2D eigenvalue weighted by Crippen LogP contribution is 2.23. The molecule has 6 nitrogen and oxygen atoms in total. The minimum absolute atomic E-state index is 0.0659. The molecule has 3 rings (SSSR count). The zero-order valence-corrected chi connectivity index (χ0v) is 11.2. The molecule has 0 saturated carbocycles. The number of hydrogen-bond acceptors (Lipinski definition) is 5. The minimum Gasteiger partial charge on any atom is -0.417 e. The number of carbonyl (C=O) groups excluding carboxylic acids is 1. The van der Waals surface area contributed by atoms with Crippen molar-refractivity contribution in [2.75, 3.05) is 13.2 Å². The van der Waals surface area contributed by atoms with E-state index in [1.54, 1.807) is 12.1 Å². The normalized spacial score (nSPS) is 17.9. The smallest absolute Gasteiger partial charge is 0.309 e. The fourth-order valence-corrected chi connectivity index (χ4v) is 2.08. The molecule has 7 heteroatoms. The molecule has 110 valence electrons. The van der Waals surface area contributed by atoms with Gasteiger partial charge < -0.3 is 14.5 Å². The van der Waals surface area contributed by atoms with Gasteiger partial charge in [0.25, 0.3) is 0 Å². The summed E-state index contributed by atoms with van der Waals surface area (Å²) in [6.07, 6.45) is 0.818. The Balaban J connectivity index is 1.59. The maximum absolute atomic E-state index is 12.8. The monoisotopic (exact) mass is 291 g/mol. The van der Waals surface area contributed by atoms with E-state index in [9.17, 15) is 9.18 Å². The highest BCUT2D eigenvalue weighted by atomic mass is 19.1. The Morgan fingerprint density at radius 3 is 2.86 bits per heavy atom. The number of benzene rings is 1. The molecule has 1 aliphatic rings. The Morgan fingerprint density at radius 2 is 2.14 bits per heavy atom. The summed E-state index contributed by atoms with van der Waals surface area (Å²) >= 11 is 0. The van der Waals surface area contributed by atoms with E-state index < -0.39 is 5.91 Å². The summed E-state index contributed by atoms with van der Waals surface area (Å²) in [7, 11) is 0. The second-order valence-electron chi connectivity index (χ2n) is 4.82. The van der Waals surface area contributed by atoms with Gasteiger partial charge in [-0.15, -0.1) is 10.2 Å². The minimum atomic E-state index is -0.447. The van der Waals surface area contributed by atoms with E-state index >= 15 is 0 Å². The lowest BCUT2D eigenvalue weighted by molar-refractivity contribution is 0.0913. The number of aromatic nitrogens is 2. The first-order valence-electron chi connectivity index (χ1n) is 6.66. The number of carbonyl (C=O) groups is 1. The highest BCUT2D eigenvalue weighted by molar-refractivity contribution is 5.89. The lowest BCUT2D eigenvalue weighted by Crippen LogP contribution is -2.23. The molecule has 1 aliphatic heterocycles. The maximum Gasteiger partial charge on any atom is 0.309 e. The van der Waals surface area contributed by atoms with Gasteiger partial charge in [0.1, 0.15) is 5.82 Å². The van der Waals surface area contributed by atoms with Crippen LogP contribution in [-0.4, -0.2) is 29.3 Å². The van der Waals surface area contributed by atoms with Crippen molar-refractivity contribution < 1.29 is 18.3 Å². The standard InChI is InChI=1S/C14H14FN3O3/c15-11-3-1-9(2-4-11)7-16-12(19)14-18-17-13(21-14)10-5-6-20-8-10/h1-4,10H,5-8H2,(H,16,19)/t10-/m0/s1. The summed E-state index contributed by atoms with van der Waals surface area (Å²) in [6, 6.07) is 5.88. The number of nitrogens with one attached hydrogen (secondary N) is 1. The van der Waals surface area contributed by atoms with Crippen molar-refractivity contribution >= 4 is 5.91 Å². The molecule has 1 aromatic carbocycles. The second kappa shape index (κ2) is 6.01. The van der Waals surface area contributed by atoms with Crippen molar-refractivity contribution in [2.45, 2.75) is 18.9 Å². The van der Waals surface area contributed by atoms with Crippen molar-refractivity contribution in [3.63, 3.8) is 0 Å². The van der Waals surface area contributed by atoms with E-state index in [0.717, 1.165) is 12.0 Å². The third-order valence-corrected chi connectivity index (χ3v) is 3.28. The molecule has 0 radical (unpaired) electrons. The summed E-state index contributed by atoms with van der Waals surface area (Å²) in [4.78, 5) is 11.9. The molecule has 1 saturated heterocycles. The Morgan fingerprint density at radius 1 is 1.33 bits per heavy atom. The van der Waals surface area contributed by atoms with E-state index in [4.69, 9.17) is 9.15 Å². The van der Waals surface area contributed by atoms with Crippen molar-refractivity contribution in [2.24, 2.45) is 0 Å². The van der Waals surface area contributed by atoms with Crippen LogP contribution in [0.2, 0.25) is 0 Å². The topological polar surface area (TPSA) is 77.2 Å². The van der Waals surface area contributed by atoms with Crippen LogP contribution in [0.15, 0.2) is 28.7 Å². The Labute approximate surface area is 120 Å². The number of halogens is 1. The Hall–Kier alpha value is -2.28. The molecule has 1 fully saturated rings. The summed E-state index contributed by atoms with van der Waals surface area (Å²) in [5, 5.41) is 10.3. The number of hydrogen-bond donors (Lipinski definition) is 1. The Bertz CT molecular complexity index is 621. The van der Waals surface area contributed by atoms with Gasteiger partial charge in [0.15, 0.2) is 0 Å². The van der Waals surface area contributed by atoms with Gasteiger partial charge in [-0.3, -0.25) is 4.79 Å². The lowest BCUT2D eigenvalue weighted by Gasteiger charge is -2.02. The number of amides is 1. The molecule has 0 unspecified atom stereocenters. The Kier molecular flexibility index (Phi) is 3.92. The first-order valence-corrected chi connectivity index (χ1v) is 6.66. The third kappa shape index (κ3) is 3.25. The van der Waals surface area contributed by atoms with Crippen LogP contribution >= 0.6 is 0 Å². The third-order valence-electron chi connectivity index (χ3n) is 3.28. The highest BCUT2D eigenvalue weighted by Gasteiger charge is 2.25. The van der Waals surface area contributed by atoms with Crippen LogP contribution in [0.4, 0.5) is 4.39 Å². The first-order chi connectivity index (χ1) is 10.2. The van der Waals surface area contributed by atoms with Crippen molar-refractivity contribution in [3.8, 4) is 0 Å². The molecular weight excluding hydrogens is 277 g/mol. The van der Waals surface area contributed by atoms with Gasteiger partial charge >= 0.3 is 11.8 Å². The van der Waals surface area contributed by atoms with Gasteiger partial charge in [-0.25, -0.2) is 4.39 Å². The van der Waals surface area contributed by atoms with Crippen LogP contribution in [0.3, 0.4) is 0 Å². The summed E-state index contributed by atoms with van der Waals surface area (Å²) in [5.74, 6) is -0.336. The van der Waals surface area contributed by atoms with Crippen LogP contribution in [0.25, 0.3) is 0 Å². The van der Waals surface area contributed by atoms with E-state index in [1.807, 2.05) is 0 Å². The average Bonchev–Trinajstić information content (AvgIpc) is 3.17. The fraction of sp³-hybridized carbons (Fsp3) is 0.357.